The van der Waals surface area contributed by atoms with Gasteiger partial charge in [0.2, 0.25) is 0 Å². The Balaban J connectivity index is 2.32. The van der Waals surface area contributed by atoms with Crippen LogP contribution in [0.3, 0.4) is 0 Å². The Morgan fingerprint density at radius 3 is 2.40 bits per heavy atom. The van der Waals surface area contributed by atoms with E-state index >= 15 is 0 Å². The van der Waals surface area contributed by atoms with Gasteiger partial charge in [0.05, 0.1) is 6.54 Å². The third-order valence-corrected chi connectivity index (χ3v) is 1.52. The highest BCUT2D eigenvalue weighted by Gasteiger charge is 2.41. The van der Waals surface area contributed by atoms with Gasteiger partial charge in [-0.05, 0) is 5.56 Å². The molecular formula is C9H8F3NO2. The number of hydrogen-bond donors (Lipinski definition) is 1. The third kappa shape index (κ3) is 3.99. The topological polar surface area (TPSA) is 38.3 Å². The fourth-order valence-corrected chi connectivity index (χ4v) is 0.839. The van der Waals surface area contributed by atoms with Crippen LogP contribution in [0.1, 0.15) is 5.56 Å². The molecule has 0 heterocycles. The van der Waals surface area contributed by atoms with Crippen molar-refractivity contribution in [3.8, 4) is 0 Å². The van der Waals surface area contributed by atoms with E-state index in [1.54, 1.807) is 30.3 Å². The van der Waals surface area contributed by atoms with Crippen LogP contribution in [0.15, 0.2) is 30.3 Å². The second-order valence-electron chi connectivity index (χ2n) is 2.69. The molecule has 0 bridgehead atoms. The summed E-state index contributed by atoms with van der Waals surface area (Å²) in [7, 11) is 0. The van der Waals surface area contributed by atoms with Gasteiger partial charge in [0.25, 0.3) is 0 Å². The number of hydrogen-bond acceptors (Lipinski definition) is 3. The van der Waals surface area contributed by atoms with Crippen molar-refractivity contribution < 1.29 is 22.8 Å². The summed E-state index contributed by atoms with van der Waals surface area (Å²) in [5.41, 5.74) is 2.65. The summed E-state index contributed by atoms with van der Waals surface area (Å²) in [5, 5.41) is 0. The predicted molar refractivity (Wildman–Crippen MR) is 45.4 cm³/mol. The Bertz CT molecular complexity index is 324. The lowest BCUT2D eigenvalue weighted by atomic mass is 10.2. The van der Waals surface area contributed by atoms with Gasteiger partial charge in [0, 0.05) is 0 Å². The van der Waals surface area contributed by atoms with E-state index in [1.807, 2.05) is 5.48 Å². The summed E-state index contributed by atoms with van der Waals surface area (Å²) in [6, 6.07) is 8.60. The summed E-state index contributed by atoms with van der Waals surface area (Å²) in [4.78, 5) is 14.0. The van der Waals surface area contributed by atoms with Gasteiger partial charge in [-0.1, -0.05) is 30.3 Å². The molecule has 0 atom stereocenters. The molecule has 0 amide bonds. The van der Waals surface area contributed by atoms with Crippen LogP contribution in [-0.2, 0) is 16.2 Å². The van der Waals surface area contributed by atoms with E-state index in [-0.39, 0.29) is 6.54 Å². The maximum atomic E-state index is 11.7. The van der Waals surface area contributed by atoms with E-state index < -0.39 is 12.1 Å². The number of carbonyl (C=O) groups excluding carboxylic acids is 1. The molecule has 0 fully saturated rings. The summed E-state index contributed by atoms with van der Waals surface area (Å²) in [6.45, 7) is 0.0304. The van der Waals surface area contributed by atoms with E-state index in [0.717, 1.165) is 0 Å². The van der Waals surface area contributed by atoms with Crippen LogP contribution in [0.5, 0.6) is 0 Å². The minimum absolute atomic E-state index is 0.0304. The molecule has 0 saturated heterocycles. The Morgan fingerprint density at radius 1 is 1.27 bits per heavy atom. The molecule has 15 heavy (non-hydrogen) atoms. The normalized spacial score (nSPS) is 11.1. The molecule has 0 aromatic heterocycles. The van der Waals surface area contributed by atoms with Crippen LogP contribution in [0.25, 0.3) is 0 Å². The quantitative estimate of drug-likeness (QED) is 0.787. The average Bonchev–Trinajstić information content (AvgIpc) is 2.18. The average molecular weight is 219 g/mol. The van der Waals surface area contributed by atoms with Gasteiger partial charge in [-0.2, -0.15) is 13.2 Å². The number of alkyl halides is 3. The van der Waals surface area contributed by atoms with Gasteiger partial charge in [-0.15, -0.1) is 5.48 Å². The smallest absolute Gasteiger partial charge is 0.363 e. The first kappa shape index (κ1) is 11.5. The van der Waals surface area contributed by atoms with Crippen molar-refractivity contribution in [3.05, 3.63) is 35.9 Å². The van der Waals surface area contributed by atoms with Crippen molar-refractivity contribution in [3.63, 3.8) is 0 Å². The zero-order valence-corrected chi connectivity index (χ0v) is 7.54. The molecule has 1 aromatic carbocycles. The van der Waals surface area contributed by atoms with E-state index in [1.165, 1.54) is 0 Å². The molecule has 0 unspecified atom stereocenters. The lowest BCUT2D eigenvalue weighted by Crippen LogP contribution is -2.31. The number of benzene rings is 1. The van der Waals surface area contributed by atoms with Crippen molar-refractivity contribution in [2.45, 2.75) is 12.7 Å². The van der Waals surface area contributed by atoms with Crippen molar-refractivity contribution in [1.82, 2.24) is 5.48 Å². The van der Waals surface area contributed by atoms with Crippen LogP contribution < -0.4 is 5.48 Å². The zero-order chi connectivity index (χ0) is 11.3. The largest absolute Gasteiger partial charge is 0.492 e. The van der Waals surface area contributed by atoms with Gasteiger partial charge in [-0.3, -0.25) is 0 Å². The number of nitrogens with one attached hydrogen (secondary N) is 1. The highest BCUT2D eigenvalue weighted by atomic mass is 19.4. The molecule has 1 rings (SSSR count). The number of hydroxylamine groups is 1. The first-order valence-electron chi connectivity index (χ1n) is 4.05. The second kappa shape index (κ2) is 4.79. The lowest BCUT2D eigenvalue weighted by molar-refractivity contribution is -0.207. The highest BCUT2D eigenvalue weighted by Crippen LogP contribution is 2.15. The lowest BCUT2D eigenvalue weighted by Gasteiger charge is -2.07. The highest BCUT2D eigenvalue weighted by molar-refractivity contribution is 5.75. The monoisotopic (exact) mass is 219 g/mol. The molecule has 0 radical (unpaired) electrons. The first-order valence-corrected chi connectivity index (χ1v) is 4.05. The van der Waals surface area contributed by atoms with Crippen molar-refractivity contribution >= 4 is 5.97 Å². The first-order chi connectivity index (χ1) is 7.00. The van der Waals surface area contributed by atoms with Crippen LogP contribution in [0, 0.1) is 0 Å². The Morgan fingerprint density at radius 2 is 1.87 bits per heavy atom. The molecule has 3 nitrogen and oxygen atoms in total. The van der Waals surface area contributed by atoms with Crippen molar-refractivity contribution in [1.29, 1.82) is 0 Å². The summed E-state index contributed by atoms with van der Waals surface area (Å²) in [6.07, 6.45) is -4.97. The maximum Gasteiger partial charge on any atom is 0.492 e. The molecule has 0 spiro atoms. The SMILES string of the molecule is O=C(ONCc1ccccc1)C(F)(F)F. The van der Waals surface area contributed by atoms with Crippen molar-refractivity contribution in [2.24, 2.45) is 0 Å². The minimum atomic E-state index is -4.97. The predicted octanol–water partition coefficient (Wildman–Crippen LogP) is 1.80. The Labute approximate surface area is 83.8 Å². The van der Waals surface area contributed by atoms with Crippen LogP contribution in [0.4, 0.5) is 13.2 Å². The zero-order valence-electron chi connectivity index (χ0n) is 7.54. The van der Waals surface area contributed by atoms with Gasteiger partial charge < -0.3 is 4.84 Å². The molecule has 6 heteroatoms. The number of halogens is 3. The fourth-order valence-electron chi connectivity index (χ4n) is 0.839. The van der Waals surface area contributed by atoms with Gasteiger partial charge in [0.15, 0.2) is 0 Å². The molecule has 0 aliphatic carbocycles. The second-order valence-corrected chi connectivity index (χ2v) is 2.69. The van der Waals surface area contributed by atoms with Crippen LogP contribution >= 0.6 is 0 Å². The Kier molecular flexibility index (Phi) is 3.68. The van der Waals surface area contributed by atoms with E-state index in [9.17, 15) is 18.0 Å². The summed E-state index contributed by atoms with van der Waals surface area (Å²) in [5.74, 6) is -2.25. The molecule has 82 valence electrons. The summed E-state index contributed by atoms with van der Waals surface area (Å²) >= 11 is 0. The summed E-state index contributed by atoms with van der Waals surface area (Å²) < 4.78 is 35.0. The molecular weight excluding hydrogens is 211 g/mol. The van der Waals surface area contributed by atoms with Crippen molar-refractivity contribution in [2.75, 3.05) is 0 Å². The number of rotatable bonds is 3. The molecule has 0 aliphatic heterocycles. The van der Waals surface area contributed by atoms with Crippen LogP contribution in [0.2, 0.25) is 0 Å². The number of carbonyl (C=O) groups is 1. The maximum absolute atomic E-state index is 11.7. The third-order valence-electron chi connectivity index (χ3n) is 1.52. The van der Waals surface area contributed by atoms with Gasteiger partial charge in [0.1, 0.15) is 0 Å². The molecule has 0 aliphatic rings. The van der Waals surface area contributed by atoms with E-state index in [0.29, 0.717) is 5.56 Å². The van der Waals surface area contributed by atoms with Gasteiger partial charge in [-0.25, -0.2) is 4.79 Å². The standard InChI is InChI=1S/C9H8F3NO2/c10-9(11,12)8(14)15-13-6-7-4-2-1-3-5-7/h1-5,13H,6H2. The van der Waals surface area contributed by atoms with E-state index in [4.69, 9.17) is 0 Å². The van der Waals surface area contributed by atoms with E-state index in [2.05, 4.69) is 4.84 Å². The van der Waals surface area contributed by atoms with Gasteiger partial charge >= 0.3 is 12.1 Å². The minimum Gasteiger partial charge on any atom is -0.363 e. The Hall–Kier alpha value is -1.56. The molecule has 0 saturated carbocycles. The molecule has 1 N–H and O–H groups in total. The fraction of sp³-hybridized carbons (Fsp3) is 0.222. The molecule has 1 aromatic rings. The van der Waals surface area contributed by atoms with Crippen LogP contribution in [-0.4, -0.2) is 12.1 Å².